The van der Waals surface area contributed by atoms with Crippen LogP contribution in [0.4, 0.5) is 5.69 Å². The number of benzene rings is 1. The topological polar surface area (TPSA) is 73.9 Å². The van der Waals surface area contributed by atoms with Gasteiger partial charge in [-0.2, -0.15) is 0 Å². The summed E-state index contributed by atoms with van der Waals surface area (Å²) in [5.74, 6) is -0.713. The van der Waals surface area contributed by atoms with E-state index in [1.165, 1.54) is 50.6 Å². The van der Waals surface area contributed by atoms with Gasteiger partial charge in [-0.25, -0.2) is 9.59 Å². The number of hydrogen-bond acceptors (Lipinski definition) is 7. The molecule has 3 rings (SSSR count). The van der Waals surface area contributed by atoms with E-state index in [4.69, 9.17) is 14.2 Å². The Labute approximate surface area is 189 Å². The van der Waals surface area contributed by atoms with E-state index in [2.05, 4.69) is 33.4 Å². The highest BCUT2D eigenvalue weighted by molar-refractivity contribution is 9.10. The lowest BCUT2D eigenvalue weighted by atomic mass is 9.95. The van der Waals surface area contributed by atoms with Crippen LogP contribution in [0.15, 0.2) is 28.7 Å². The second-order valence-corrected chi connectivity index (χ2v) is 8.86. The van der Waals surface area contributed by atoms with E-state index < -0.39 is 11.9 Å². The summed E-state index contributed by atoms with van der Waals surface area (Å²) in [4.78, 5) is 25.1. The van der Waals surface area contributed by atoms with Crippen LogP contribution in [0.2, 0.25) is 0 Å². The number of esters is 2. The van der Waals surface area contributed by atoms with Crippen molar-refractivity contribution >= 4 is 44.9 Å². The molecule has 30 heavy (non-hydrogen) atoms. The molecule has 0 spiro atoms. The van der Waals surface area contributed by atoms with Crippen molar-refractivity contribution in [2.24, 2.45) is 0 Å². The second kappa shape index (κ2) is 10.8. The summed E-state index contributed by atoms with van der Waals surface area (Å²) in [6.07, 6.45) is 6.21. The van der Waals surface area contributed by atoms with Crippen LogP contribution in [0, 0.1) is 0 Å². The lowest BCUT2D eigenvalue weighted by molar-refractivity contribution is -0.145. The first-order chi connectivity index (χ1) is 14.5. The number of carbonyl (C=O) groups is 2. The standard InChI is InChI=1S/C22H26BrNO5S/c1-3-28-17(25)13-29-19-18(23)20(30-21(19)22(26)27-2)14-8-7-11-16(12-14)24-15-9-5-4-6-10-15/h7-8,11-12,15,24H,3-6,9-10,13H2,1-2H3. The second-order valence-electron chi connectivity index (χ2n) is 7.05. The molecule has 1 fully saturated rings. The predicted octanol–water partition coefficient (Wildman–Crippen LogP) is 5.65. The van der Waals surface area contributed by atoms with Crippen LogP contribution < -0.4 is 10.1 Å². The quantitative estimate of drug-likeness (QED) is 0.476. The molecule has 0 atom stereocenters. The number of methoxy groups -OCH3 is 1. The SMILES string of the molecule is CCOC(=O)COc1c(C(=O)OC)sc(-c2cccc(NC3CCCCC3)c2)c1Br. The first kappa shape index (κ1) is 22.6. The molecule has 0 bridgehead atoms. The van der Waals surface area contributed by atoms with E-state index in [1.54, 1.807) is 6.92 Å². The Morgan fingerprint density at radius 3 is 2.70 bits per heavy atom. The fourth-order valence-electron chi connectivity index (χ4n) is 3.50. The van der Waals surface area contributed by atoms with Gasteiger partial charge < -0.3 is 19.5 Å². The van der Waals surface area contributed by atoms with Crippen molar-refractivity contribution in [3.8, 4) is 16.2 Å². The highest BCUT2D eigenvalue weighted by atomic mass is 79.9. The van der Waals surface area contributed by atoms with E-state index in [0.717, 1.165) is 16.1 Å². The van der Waals surface area contributed by atoms with Gasteiger partial charge in [0.1, 0.15) is 0 Å². The summed E-state index contributed by atoms with van der Waals surface area (Å²) in [6.45, 7) is 1.71. The number of nitrogens with one attached hydrogen (secondary N) is 1. The molecule has 1 N–H and O–H groups in total. The van der Waals surface area contributed by atoms with Gasteiger partial charge in [0.25, 0.3) is 0 Å². The predicted molar refractivity (Wildman–Crippen MR) is 121 cm³/mol. The first-order valence-corrected chi connectivity index (χ1v) is 11.7. The fraction of sp³-hybridized carbons (Fsp3) is 0.455. The lowest BCUT2D eigenvalue weighted by Crippen LogP contribution is -2.22. The number of rotatable bonds is 8. The molecule has 0 aliphatic heterocycles. The van der Waals surface area contributed by atoms with Crippen molar-refractivity contribution in [3.63, 3.8) is 0 Å². The van der Waals surface area contributed by atoms with Crippen molar-refractivity contribution in [2.45, 2.75) is 45.1 Å². The van der Waals surface area contributed by atoms with Crippen molar-refractivity contribution < 1.29 is 23.8 Å². The van der Waals surface area contributed by atoms with Crippen LogP contribution in [0.25, 0.3) is 10.4 Å². The Balaban J connectivity index is 1.86. The molecule has 162 valence electrons. The van der Waals surface area contributed by atoms with Crippen molar-refractivity contribution in [3.05, 3.63) is 33.6 Å². The first-order valence-electron chi connectivity index (χ1n) is 10.1. The Morgan fingerprint density at radius 1 is 1.23 bits per heavy atom. The van der Waals surface area contributed by atoms with Gasteiger partial charge in [-0.3, -0.25) is 0 Å². The molecule has 6 nitrogen and oxygen atoms in total. The molecule has 0 unspecified atom stereocenters. The molecule has 1 aromatic carbocycles. The minimum atomic E-state index is -0.512. The minimum Gasteiger partial charge on any atom is -0.479 e. The Hall–Kier alpha value is -2.06. The van der Waals surface area contributed by atoms with Crippen molar-refractivity contribution in [2.75, 3.05) is 25.6 Å². The zero-order valence-electron chi connectivity index (χ0n) is 17.2. The van der Waals surface area contributed by atoms with E-state index >= 15 is 0 Å². The summed E-state index contributed by atoms with van der Waals surface area (Å²) < 4.78 is 16.1. The number of halogens is 1. The monoisotopic (exact) mass is 495 g/mol. The molecule has 8 heteroatoms. The largest absolute Gasteiger partial charge is 0.479 e. The maximum atomic E-state index is 12.3. The third kappa shape index (κ3) is 5.55. The van der Waals surface area contributed by atoms with Crippen LogP contribution in [0.1, 0.15) is 48.7 Å². The summed E-state index contributed by atoms with van der Waals surface area (Å²) in [5, 5.41) is 3.63. The molecule has 1 saturated carbocycles. The highest BCUT2D eigenvalue weighted by Crippen LogP contribution is 2.46. The van der Waals surface area contributed by atoms with Crippen LogP contribution in [0.5, 0.6) is 5.75 Å². The molecular weight excluding hydrogens is 470 g/mol. The minimum absolute atomic E-state index is 0.267. The van der Waals surface area contributed by atoms with Crippen LogP contribution in [-0.2, 0) is 14.3 Å². The van der Waals surface area contributed by atoms with Crippen LogP contribution >= 0.6 is 27.3 Å². The van der Waals surface area contributed by atoms with Gasteiger partial charge in [0.2, 0.25) is 0 Å². The number of ether oxygens (including phenoxy) is 3. The van der Waals surface area contributed by atoms with Crippen molar-refractivity contribution in [1.82, 2.24) is 0 Å². The third-order valence-electron chi connectivity index (χ3n) is 4.92. The maximum Gasteiger partial charge on any atom is 0.351 e. The summed E-state index contributed by atoms with van der Waals surface area (Å²) in [5.41, 5.74) is 2.00. The number of hydrogen-bond donors (Lipinski definition) is 1. The molecule has 1 aliphatic rings. The lowest BCUT2D eigenvalue weighted by Gasteiger charge is -2.24. The Bertz CT molecular complexity index is 892. The van der Waals surface area contributed by atoms with Gasteiger partial charge in [0, 0.05) is 11.7 Å². The summed E-state index contributed by atoms with van der Waals surface area (Å²) in [7, 11) is 1.32. The zero-order valence-corrected chi connectivity index (χ0v) is 19.6. The van der Waals surface area contributed by atoms with E-state index in [1.807, 2.05) is 12.1 Å². The maximum absolute atomic E-state index is 12.3. The highest BCUT2D eigenvalue weighted by Gasteiger charge is 2.25. The normalized spacial score (nSPS) is 14.2. The van der Waals surface area contributed by atoms with Gasteiger partial charge in [-0.1, -0.05) is 31.4 Å². The van der Waals surface area contributed by atoms with E-state index in [0.29, 0.717) is 21.1 Å². The number of thiophene rings is 1. The van der Waals surface area contributed by atoms with E-state index in [-0.39, 0.29) is 13.2 Å². The molecule has 1 aromatic heterocycles. The van der Waals surface area contributed by atoms with Gasteiger partial charge in [0.05, 0.1) is 23.1 Å². The average molecular weight is 496 g/mol. The van der Waals surface area contributed by atoms with Gasteiger partial charge in [0.15, 0.2) is 17.2 Å². The smallest absolute Gasteiger partial charge is 0.351 e. The van der Waals surface area contributed by atoms with Gasteiger partial charge in [-0.05, 0) is 53.4 Å². The van der Waals surface area contributed by atoms with Gasteiger partial charge in [-0.15, -0.1) is 11.3 Å². The molecule has 0 amide bonds. The van der Waals surface area contributed by atoms with Crippen LogP contribution in [0.3, 0.4) is 0 Å². The number of carbonyl (C=O) groups excluding carboxylic acids is 2. The van der Waals surface area contributed by atoms with Gasteiger partial charge >= 0.3 is 11.9 Å². The molecule has 0 radical (unpaired) electrons. The third-order valence-corrected chi connectivity index (χ3v) is 7.14. The Morgan fingerprint density at radius 2 is 2.00 bits per heavy atom. The molecule has 0 saturated heterocycles. The summed E-state index contributed by atoms with van der Waals surface area (Å²) >= 11 is 4.82. The molecule has 1 aliphatic carbocycles. The van der Waals surface area contributed by atoms with Crippen molar-refractivity contribution in [1.29, 1.82) is 0 Å². The Kier molecular flexibility index (Phi) is 8.16. The fourth-order valence-corrected chi connectivity index (χ4v) is 5.47. The number of anilines is 1. The zero-order chi connectivity index (χ0) is 21.5. The van der Waals surface area contributed by atoms with Crippen LogP contribution in [-0.4, -0.2) is 38.3 Å². The molecular formula is C22H26BrNO5S. The van der Waals surface area contributed by atoms with E-state index in [9.17, 15) is 9.59 Å². The average Bonchev–Trinajstić information content (AvgIpc) is 3.09. The molecule has 2 aromatic rings. The summed E-state index contributed by atoms with van der Waals surface area (Å²) in [6, 6.07) is 8.60. The molecule has 1 heterocycles.